The van der Waals surface area contributed by atoms with Crippen molar-refractivity contribution in [3.05, 3.63) is 56.4 Å². The second kappa shape index (κ2) is 13.7. The van der Waals surface area contributed by atoms with Crippen molar-refractivity contribution in [3.8, 4) is 0 Å². The molecule has 0 aromatic heterocycles. The smallest absolute Gasteiger partial charge is 0.277 e. The number of rotatable bonds is 12. The summed E-state index contributed by atoms with van der Waals surface area (Å²) in [5.74, 6) is -4.86. The number of aliphatic hydroxyl groups excluding tert-OH is 1. The SMILES string of the molecule is CCNC(=O)CCO/N=C\c1cc(C(=O)NOCCO)c(Nc2ccc(I)cc2F)c(F)c1F. The molecular formula is C21H22F3IN4O5. The minimum Gasteiger partial charge on any atom is -0.395 e. The third-order valence-corrected chi connectivity index (χ3v) is 4.76. The topological polar surface area (TPSA) is 121 Å². The normalized spacial score (nSPS) is 10.9. The molecule has 0 saturated carbocycles. The van der Waals surface area contributed by atoms with Crippen LogP contribution in [0.2, 0.25) is 0 Å². The number of nitrogens with zero attached hydrogens (tertiary/aromatic N) is 1. The Morgan fingerprint density at radius 1 is 1.18 bits per heavy atom. The first-order chi connectivity index (χ1) is 16.3. The van der Waals surface area contributed by atoms with Crippen molar-refractivity contribution in [2.75, 3.05) is 31.7 Å². The molecule has 2 aromatic rings. The van der Waals surface area contributed by atoms with Crippen molar-refractivity contribution in [2.45, 2.75) is 13.3 Å². The van der Waals surface area contributed by atoms with Gasteiger partial charge in [0.15, 0.2) is 11.6 Å². The number of anilines is 2. The number of carbonyl (C=O) groups is 2. The fraction of sp³-hybridized carbons (Fsp3) is 0.286. The molecular weight excluding hydrogens is 572 g/mol. The second-order valence-electron chi connectivity index (χ2n) is 6.54. The zero-order valence-electron chi connectivity index (χ0n) is 18.0. The third-order valence-electron chi connectivity index (χ3n) is 4.09. The van der Waals surface area contributed by atoms with Gasteiger partial charge < -0.3 is 20.6 Å². The van der Waals surface area contributed by atoms with E-state index < -0.39 is 46.8 Å². The first-order valence-corrected chi connectivity index (χ1v) is 11.0. The number of benzene rings is 2. The molecule has 9 nitrogen and oxygen atoms in total. The van der Waals surface area contributed by atoms with Gasteiger partial charge in [-0.1, -0.05) is 5.16 Å². The van der Waals surface area contributed by atoms with Crippen LogP contribution in [0.15, 0.2) is 29.4 Å². The van der Waals surface area contributed by atoms with Gasteiger partial charge in [0.05, 0.1) is 42.8 Å². The number of amides is 2. The van der Waals surface area contributed by atoms with E-state index in [9.17, 15) is 22.8 Å². The largest absolute Gasteiger partial charge is 0.395 e. The van der Waals surface area contributed by atoms with Crippen LogP contribution in [0, 0.1) is 21.0 Å². The first-order valence-electron chi connectivity index (χ1n) is 9.97. The van der Waals surface area contributed by atoms with Gasteiger partial charge in [-0.05, 0) is 53.8 Å². The van der Waals surface area contributed by atoms with Crippen molar-refractivity contribution < 1.29 is 37.5 Å². The van der Waals surface area contributed by atoms with Gasteiger partial charge in [0.1, 0.15) is 12.4 Å². The average molecular weight is 594 g/mol. The lowest BCUT2D eigenvalue weighted by Crippen LogP contribution is -2.26. The molecule has 2 amide bonds. The fourth-order valence-corrected chi connectivity index (χ4v) is 3.01. The molecule has 0 aliphatic carbocycles. The van der Waals surface area contributed by atoms with E-state index in [1.54, 1.807) is 6.92 Å². The van der Waals surface area contributed by atoms with E-state index in [0.717, 1.165) is 12.3 Å². The molecule has 0 radical (unpaired) electrons. The Hall–Kier alpha value is -2.91. The van der Waals surface area contributed by atoms with Gasteiger partial charge in [-0.15, -0.1) is 0 Å². The fourth-order valence-electron chi connectivity index (χ4n) is 2.55. The summed E-state index contributed by atoms with van der Waals surface area (Å²) in [6, 6.07) is 4.96. The molecule has 0 aliphatic rings. The summed E-state index contributed by atoms with van der Waals surface area (Å²) >= 11 is 1.88. The molecule has 0 fully saturated rings. The number of hydroxylamine groups is 1. The lowest BCUT2D eigenvalue weighted by atomic mass is 10.1. The molecule has 13 heteroatoms. The number of hydrogen-bond acceptors (Lipinski definition) is 7. The zero-order chi connectivity index (χ0) is 25.1. The highest BCUT2D eigenvalue weighted by molar-refractivity contribution is 14.1. The van der Waals surface area contributed by atoms with Gasteiger partial charge in [-0.25, -0.2) is 18.7 Å². The Kier molecular flexibility index (Phi) is 11.0. The molecule has 0 spiro atoms. The molecule has 0 heterocycles. The Labute approximate surface area is 206 Å². The van der Waals surface area contributed by atoms with Crippen LogP contribution in [0.1, 0.15) is 29.3 Å². The number of nitrogens with one attached hydrogen (secondary N) is 3. The maximum Gasteiger partial charge on any atom is 0.277 e. The van der Waals surface area contributed by atoms with Gasteiger partial charge in [0.2, 0.25) is 5.91 Å². The highest BCUT2D eigenvalue weighted by atomic mass is 127. The molecule has 184 valence electrons. The molecule has 0 aliphatic heterocycles. The van der Waals surface area contributed by atoms with Crippen molar-refractivity contribution in [1.29, 1.82) is 0 Å². The number of oxime groups is 1. The molecule has 4 N–H and O–H groups in total. The van der Waals surface area contributed by atoms with E-state index in [4.69, 9.17) is 14.8 Å². The summed E-state index contributed by atoms with van der Waals surface area (Å²) in [6.45, 7) is 1.44. The van der Waals surface area contributed by atoms with E-state index in [1.807, 2.05) is 28.1 Å². The van der Waals surface area contributed by atoms with Crippen LogP contribution in [-0.2, 0) is 14.5 Å². The van der Waals surface area contributed by atoms with Crippen LogP contribution < -0.4 is 16.1 Å². The van der Waals surface area contributed by atoms with Crippen LogP contribution >= 0.6 is 22.6 Å². The first kappa shape index (κ1) is 27.3. The minimum absolute atomic E-state index is 0.00229. The maximum atomic E-state index is 15.0. The lowest BCUT2D eigenvalue weighted by molar-refractivity contribution is -0.122. The third kappa shape index (κ3) is 7.85. The van der Waals surface area contributed by atoms with Gasteiger partial charge in [0.25, 0.3) is 5.91 Å². The van der Waals surface area contributed by atoms with E-state index in [2.05, 4.69) is 15.8 Å². The summed E-state index contributed by atoms with van der Waals surface area (Å²) in [7, 11) is 0. The molecule has 2 rings (SSSR count). The Bertz CT molecular complexity index is 1060. The monoisotopic (exact) mass is 594 g/mol. The van der Waals surface area contributed by atoms with Crippen molar-refractivity contribution in [2.24, 2.45) is 5.16 Å². The van der Waals surface area contributed by atoms with Gasteiger partial charge in [-0.3, -0.25) is 14.4 Å². The van der Waals surface area contributed by atoms with Gasteiger partial charge in [-0.2, -0.15) is 0 Å². The highest BCUT2D eigenvalue weighted by Gasteiger charge is 2.23. The summed E-state index contributed by atoms with van der Waals surface area (Å²) in [5, 5.41) is 17.2. The average Bonchev–Trinajstić information content (AvgIpc) is 2.79. The molecule has 0 bridgehead atoms. The predicted octanol–water partition coefficient (Wildman–Crippen LogP) is 2.98. The van der Waals surface area contributed by atoms with E-state index in [-0.39, 0.29) is 31.2 Å². The summed E-state index contributed by atoms with van der Waals surface area (Å²) in [5.41, 5.74) is 0.265. The van der Waals surface area contributed by atoms with Crippen LogP contribution in [0.5, 0.6) is 0 Å². The van der Waals surface area contributed by atoms with Gasteiger partial charge in [0, 0.05) is 15.7 Å². The Morgan fingerprint density at radius 3 is 2.62 bits per heavy atom. The van der Waals surface area contributed by atoms with Crippen LogP contribution in [-0.4, -0.2) is 49.5 Å². The lowest BCUT2D eigenvalue weighted by Gasteiger charge is -2.15. The number of carbonyl (C=O) groups excluding carboxylic acids is 2. The van der Waals surface area contributed by atoms with Crippen LogP contribution in [0.3, 0.4) is 0 Å². The number of aliphatic hydroxyl groups is 1. The van der Waals surface area contributed by atoms with Crippen molar-refractivity contribution in [1.82, 2.24) is 10.8 Å². The van der Waals surface area contributed by atoms with Gasteiger partial charge >= 0.3 is 0 Å². The maximum absolute atomic E-state index is 15.0. The second-order valence-corrected chi connectivity index (χ2v) is 7.79. The Morgan fingerprint density at radius 2 is 1.94 bits per heavy atom. The zero-order valence-corrected chi connectivity index (χ0v) is 20.1. The van der Waals surface area contributed by atoms with Crippen molar-refractivity contribution >= 4 is 52.0 Å². The minimum atomic E-state index is -1.48. The van der Waals surface area contributed by atoms with Crippen LogP contribution in [0.25, 0.3) is 0 Å². The highest BCUT2D eigenvalue weighted by Crippen LogP contribution is 2.30. The van der Waals surface area contributed by atoms with E-state index in [0.29, 0.717) is 10.1 Å². The number of halogens is 4. The van der Waals surface area contributed by atoms with E-state index >= 15 is 0 Å². The summed E-state index contributed by atoms with van der Waals surface area (Å²) in [4.78, 5) is 33.5. The Balaban J connectivity index is 2.33. The standard InChI is InChI=1S/C21H22F3IN4O5/c1-2-26-17(31)5-7-33-27-11-12-9-14(21(32)29-34-8-6-30)20(19(24)18(12)23)28-16-4-3-13(25)10-15(16)22/h3-4,9-11,28,30H,2,5-8H2,1H3,(H,26,31)(H,29,32)/b27-11-. The van der Waals surface area contributed by atoms with E-state index in [1.165, 1.54) is 18.2 Å². The summed E-state index contributed by atoms with van der Waals surface area (Å²) < 4.78 is 44.5. The molecule has 0 atom stereocenters. The molecule has 34 heavy (non-hydrogen) atoms. The number of hydrogen-bond donors (Lipinski definition) is 4. The van der Waals surface area contributed by atoms with Crippen molar-refractivity contribution in [3.63, 3.8) is 0 Å². The molecule has 0 unspecified atom stereocenters. The quantitative estimate of drug-likeness (QED) is 0.130. The summed E-state index contributed by atoms with van der Waals surface area (Å²) in [6.07, 6.45) is 0.832. The van der Waals surface area contributed by atoms with Crippen LogP contribution in [0.4, 0.5) is 24.5 Å². The predicted molar refractivity (Wildman–Crippen MR) is 126 cm³/mol. The molecule has 2 aromatic carbocycles. The molecule has 0 saturated heterocycles.